The minimum Gasteiger partial charge on any atom is -0.355 e. The van der Waals surface area contributed by atoms with Crippen LogP contribution in [0.1, 0.15) is 53.9 Å². The van der Waals surface area contributed by atoms with E-state index in [1.807, 2.05) is 27.7 Å². The van der Waals surface area contributed by atoms with Crippen LogP contribution >= 0.6 is 0 Å². The smallest absolute Gasteiger partial charge is 0.276 e. The second-order valence-corrected chi connectivity index (χ2v) is 8.10. The number of aromatic nitrogens is 1. The second-order valence-electron chi connectivity index (χ2n) is 8.10. The van der Waals surface area contributed by atoms with Gasteiger partial charge in [-0.15, -0.1) is 0 Å². The normalized spacial score (nSPS) is 17.1. The molecule has 2 heterocycles. The molecule has 6 heteroatoms. The van der Waals surface area contributed by atoms with Gasteiger partial charge in [-0.05, 0) is 58.6 Å². The van der Waals surface area contributed by atoms with Crippen LogP contribution in [0.25, 0.3) is 11.3 Å². The number of hydrogen-bond acceptors (Lipinski definition) is 4. The Morgan fingerprint density at radius 1 is 1.18 bits per heavy atom. The lowest BCUT2D eigenvalue weighted by molar-refractivity contribution is -0.126. The van der Waals surface area contributed by atoms with Crippen LogP contribution in [0.15, 0.2) is 22.7 Å². The van der Waals surface area contributed by atoms with Crippen molar-refractivity contribution < 1.29 is 14.1 Å². The fourth-order valence-corrected chi connectivity index (χ4v) is 4.00. The van der Waals surface area contributed by atoms with Crippen molar-refractivity contribution in [2.24, 2.45) is 5.92 Å². The predicted molar refractivity (Wildman–Crippen MR) is 108 cm³/mol. The lowest BCUT2D eigenvalue weighted by atomic mass is 9.96. The number of nitrogens with zero attached hydrogens (tertiary/aromatic N) is 2. The van der Waals surface area contributed by atoms with Crippen molar-refractivity contribution >= 4 is 11.8 Å². The molecule has 0 unspecified atom stereocenters. The van der Waals surface area contributed by atoms with Gasteiger partial charge in [0.2, 0.25) is 5.91 Å². The second kappa shape index (κ2) is 8.17. The number of carbonyl (C=O) groups is 2. The first kappa shape index (κ1) is 20.1. The highest BCUT2D eigenvalue weighted by Crippen LogP contribution is 2.29. The molecule has 0 saturated carbocycles. The molecule has 1 aromatic heterocycles. The van der Waals surface area contributed by atoms with Crippen LogP contribution in [0.5, 0.6) is 0 Å². The molecule has 0 aliphatic carbocycles. The Balaban J connectivity index is 1.76. The zero-order valence-corrected chi connectivity index (χ0v) is 17.3. The highest BCUT2D eigenvalue weighted by molar-refractivity contribution is 5.94. The number of nitrogens with one attached hydrogen (secondary N) is 1. The molecule has 6 nitrogen and oxygen atoms in total. The Labute approximate surface area is 166 Å². The van der Waals surface area contributed by atoms with Crippen molar-refractivity contribution in [2.75, 3.05) is 13.1 Å². The summed E-state index contributed by atoms with van der Waals surface area (Å²) in [6.07, 6.45) is 1.61. The number of benzene rings is 1. The number of hydrogen-bond donors (Lipinski definition) is 1. The van der Waals surface area contributed by atoms with E-state index in [4.69, 9.17) is 4.52 Å². The van der Waals surface area contributed by atoms with E-state index in [2.05, 4.69) is 29.5 Å². The standard InChI is InChI=1S/C22H29N3O3/c1-13(2)23-21(26)17-7-6-8-25(12-17)22(27)18-11-19(28-24-18)20-15(4)9-14(3)10-16(20)5/h9-11,13,17H,6-8,12H2,1-5H3,(H,23,26)/t17-/m1/s1. The van der Waals surface area contributed by atoms with E-state index in [1.54, 1.807) is 11.0 Å². The Morgan fingerprint density at radius 3 is 2.50 bits per heavy atom. The van der Waals surface area contributed by atoms with Crippen molar-refractivity contribution in [1.82, 2.24) is 15.4 Å². The Hall–Kier alpha value is -2.63. The maximum Gasteiger partial charge on any atom is 0.276 e. The first-order valence-corrected chi connectivity index (χ1v) is 9.91. The molecule has 1 N–H and O–H groups in total. The molecule has 0 radical (unpaired) electrons. The maximum atomic E-state index is 12.9. The molecule has 1 aliphatic rings. The quantitative estimate of drug-likeness (QED) is 0.874. The fourth-order valence-electron chi connectivity index (χ4n) is 4.00. The third kappa shape index (κ3) is 4.26. The van der Waals surface area contributed by atoms with Crippen molar-refractivity contribution in [2.45, 2.75) is 53.5 Å². The highest BCUT2D eigenvalue weighted by atomic mass is 16.5. The molecule has 28 heavy (non-hydrogen) atoms. The van der Waals surface area contributed by atoms with Crippen LogP contribution in [0.3, 0.4) is 0 Å². The first-order valence-electron chi connectivity index (χ1n) is 9.91. The van der Waals surface area contributed by atoms with E-state index in [0.29, 0.717) is 24.5 Å². The summed E-state index contributed by atoms with van der Waals surface area (Å²) in [5, 5.41) is 6.97. The van der Waals surface area contributed by atoms with Gasteiger partial charge in [0.05, 0.1) is 5.92 Å². The van der Waals surface area contributed by atoms with Gasteiger partial charge in [-0.25, -0.2) is 0 Å². The van der Waals surface area contributed by atoms with Gasteiger partial charge in [-0.1, -0.05) is 22.9 Å². The van der Waals surface area contributed by atoms with E-state index >= 15 is 0 Å². The lowest BCUT2D eigenvalue weighted by Crippen LogP contribution is -2.46. The number of piperidine rings is 1. The van der Waals surface area contributed by atoms with Gasteiger partial charge >= 0.3 is 0 Å². The predicted octanol–water partition coefficient (Wildman–Crippen LogP) is 3.64. The summed E-state index contributed by atoms with van der Waals surface area (Å²) in [6, 6.07) is 5.99. The average Bonchev–Trinajstić information content (AvgIpc) is 3.09. The Kier molecular flexibility index (Phi) is 5.87. The minimum atomic E-state index is -0.181. The van der Waals surface area contributed by atoms with Crippen LogP contribution < -0.4 is 5.32 Å². The summed E-state index contributed by atoms with van der Waals surface area (Å²) < 4.78 is 5.51. The maximum absolute atomic E-state index is 12.9. The summed E-state index contributed by atoms with van der Waals surface area (Å²) in [5.41, 5.74) is 4.64. The van der Waals surface area contributed by atoms with Crippen LogP contribution in [0.2, 0.25) is 0 Å². The lowest BCUT2D eigenvalue weighted by Gasteiger charge is -2.31. The molecule has 1 aliphatic heterocycles. The molecular formula is C22H29N3O3. The van der Waals surface area contributed by atoms with Crippen molar-refractivity contribution in [3.05, 3.63) is 40.6 Å². The minimum absolute atomic E-state index is 0.0132. The molecule has 1 fully saturated rings. The van der Waals surface area contributed by atoms with Crippen molar-refractivity contribution in [3.63, 3.8) is 0 Å². The third-order valence-corrected chi connectivity index (χ3v) is 5.16. The highest BCUT2D eigenvalue weighted by Gasteiger charge is 2.30. The molecule has 2 amide bonds. The zero-order chi connectivity index (χ0) is 20.4. The molecule has 1 saturated heterocycles. The van der Waals surface area contributed by atoms with Gasteiger partial charge < -0.3 is 14.7 Å². The number of carbonyl (C=O) groups excluding carboxylic acids is 2. The molecule has 150 valence electrons. The first-order chi connectivity index (χ1) is 13.3. The molecule has 0 bridgehead atoms. The molecule has 2 aromatic rings. The number of rotatable bonds is 4. The van der Waals surface area contributed by atoms with Crippen molar-refractivity contribution in [3.8, 4) is 11.3 Å². The van der Waals surface area contributed by atoms with Crippen LogP contribution in [-0.2, 0) is 4.79 Å². The molecule has 1 atom stereocenters. The van der Waals surface area contributed by atoms with Gasteiger partial charge in [-0.3, -0.25) is 9.59 Å². The van der Waals surface area contributed by atoms with Crippen LogP contribution in [0.4, 0.5) is 0 Å². The van der Waals surface area contributed by atoms with Gasteiger partial charge in [-0.2, -0.15) is 0 Å². The summed E-state index contributed by atoms with van der Waals surface area (Å²) >= 11 is 0. The van der Waals surface area contributed by atoms with E-state index in [9.17, 15) is 9.59 Å². The van der Waals surface area contributed by atoms with E-state index in [1.165, 1.54) is 5.56 Å². The topological polar surface area (TPSA) is 75.4 Å². The molecule has 0 spiro atoms. The van der Waals surface area contributed by atoms with E-state index in [0.717, 1.165) is 29.5 Å². The number of likely N-dealkylation sites (tertiary alicyclic amines) is 1. The van der Waals surface area contributed by atoms with E-state index < -0.39 is 0 Å². The molecule has 3 rings (SSSR count). The van der Waals surface area contributed by atoms with Gasteiger partial charge in [0.15, 0.2) is 11.5 Å². The SMILES string of the molecule is Cc1cc(C)c(-c2cc(C(=O)N3CCC[C@@H](C(=O)NC(C)C)C3)no2)c(C)c1. The fraction of sp³-hybridized carbons (Fsp3) is 0.500. The summed E-state index contributed by atoms with van der Waals surface area (Å²) in [4.78, 5) is 27.0. The molecule has 1 aromatic carbocycles. The zero-order valence-electron chi connectivity index (χ0n) is 17.3. The number of amides is 2. The van der Waals surface area contributed by atoms with Crippen LogP contribution in [0, 0.1) is 26.7 Å². The average molecular weight is 383 g/mol. The summed E-state index contributed by atoms with van der Waals surface area (Å²) in [5.74, 6) is 0.260. The van der Waals surface area contributed by atoms with Gasteiger partial charge in [0.25, 0.3) is 5.91 Å². The Bertz CT molecular complexity index is 862. The third-order valence-electron chi connectivity index (χ3n) is 5.16. The summed E-state index contributed by atoms with van der Waals surface area (Å²) in [6.45, 7) is 11.0. The van der Waals surface area contributed by atoms with E-state index in [-0.39, 0.29) is 23.8 Å². The Morgan fingerprint density at radius 2 is 1.86 bits per heavy atom. The monoisotopic (exact) mass is 383 g/mol. The van der Waals surface area contributed by atoms with Gasteiger partial charge in [0.1, 0.15) is 0 Å². The van der Waals surface area contributed by atoms with Gasteiger partial charge in [0, 0.05) is 30.8 Å². The summed E-state index contributed by atoms with van der Waals surface area (Å²) in [7, 11) is 0. The van der Waals surface area contributed by atoms with Crippen LogP contribution in [-0.4, -0.2) is 41.0 Å². The number of aryl methyl sites for hydroxylation is 3. The van der Waals surface area contributed by atoms with Crippen molar-refractivity contribution in [1.29, 1.82) is 0 Å². The molecular weight excluding hydrogens is 354 g/mol. The largest absolute Gasteiger partial charge is 0.355 e.